The van der Waals surface area contributed by atoms with Crippen LogP contribution in [0.2, 0.25) is 0 Å². The quantitative estimate of drug-likeness (QED) is 0.805. The zero-order valence-electron chi connectivity index (χ0n) is 11.2. The molecule has 0 amide bonds. The van der Waals surface area contributed by atoms with E-state index in [9.17, 15) is 8.42 Å². The molecule has 0 aliphatic rings. The number of anilines is 1. The number of nitrogen functional groups attached to an aromatic ring is 1. The van der Waals surface area contributed by atoms with Crippen LogP contribution >= 0.6 is 0 Å². The Kier molecular flexibility index (Phi) is 4.76. The monoisotopic (exact) mass is 270 g/mol. The van der Waals surface area contributed by atoms with Crippen molar-refractivity contribution >= 4 is 15.7 Å². The first-order valence-corrected chi connectivity index (χ1v) is 7.65. The van der Waals surface area contributed by atoms with Gasteiger partial charge in [0.1, 0.15) is 0 Å². The molecule has 0 aliphatic heterocycles. The van der Waals surface area contributed by atoms with Gasteiger partial charge < -0.3 is 5.73 Å². The molecule has 0 heterocycles. The van der Waals surface area contributed by atoms with E-state index in [1.54, 1.807) is 24.3 Å². The van der Waals surface area contributed by atoms with Crippen LogP contribution in [0.25, 0.3) is 0 Å². The van der Waals surface area contributed by atoms with E-state index in [1.165, 1.54) is 0 Å². The van der Waals surface area contributed by atoms with Gasteiger partial charge in [-0.15, -0.1) is 0 Å². The SMILES string of the molecule is CC(C)(C)CCNS(=O)(=O)Cc1cccc(N)c1. The van der Waals surface area contributed by atoms with E-state index in [0.29, 0.717) is 17.8 Å². The molecule has 0 unspecified atom stereocenters. The summed E-state index contributed by atoms with van der Waals surface area (Å²) in [5.41, 5.74) is 7.03. The molecular formula is C13H22N2O2S. The molecule has 0 bridgehead atoms. The van der Waals surface area contributed by atoms with E-state index in [-0.39, 0.29) is 11.2 Å². The lowest BCUT2D eigenvalue weighted by atomic mass is 9.93. The van der Waals surface area contributed by atoms with Crippen LogP contribution < -0.4 is 10.5 Å². The molecule has 0 saturated heterocycles. The molecule has 0 fully saturated rings. The first-order valence-electron chi connectivity index (χ1n) is 6.00. The summed E-state index contributed by atoms with van der Waals surface area (Å²) in [4.78, 5) is 0. The van der Waals surface area contributed by atoms with Gasteiger partial charge in [0.2, 0.25) is 10.0 Å². The van der Waals surface area contributed by atoms with E-state index < -0.39 is 10.0 Å². The predicted octanol–water partition coefficient (Wildman–Crippen LogP) is 2.12. The Bertz CT molecular complexity index is 490. The molecule has 102 valence electrons. The van der Waals surface area contributed by atoms with Crippen molar-refractivity contribution in [1.29, 1.82) is 0 Å². The maximum Gasteiger partial charge on any atom is 0.215 e. The van der Waals surface area contributed by atoms with Crippen molar-refractivity contribution < 1.29 is 8.42 Å². The standard InChI is InChI=1S/C13H22N2O2S/c1-13(2,3)7-8-15-18(16,17)10-11-5-4-6-12(14)9-11/h4-6,9,15H,7-8,10,14H2,1-3H3. The fourth-order valence-corrected chi connectivity index (χ4v) is 2.67. The molecule has 0 aliphatic carbocycles. The van der Waals surface area contributed by atoms with Gasteiger partial charge in [-0.05, 0) is 29.5 Å². The van der Waals surface area contributed by atoms with Crippen LogP contribution in [0, 0.1) is 5.41 Å². The lowest BCUT2D eigenvalue weighted by Crippen LogP contribution is -2.28. The highest BCUT2D eigenvalue weighted by atomic mass is 32.2. The highest BCUT2D eigenvalue weighted by Crippen LogP contribution is 2.17. The molecule has 0 aromatic heterocycles. The third-order valence-electron chi connectivity index (χ3n) is 2.50. The fraction of sp³-hybridized carbons (Fsp3) is 0.538. The number of nitrogens with two attached hydrogens (primary N) is 1. The Morgan fingerprint density at radius 2 is 1.94 bits per heavy atom. The topological polar surface area (TPSA) is 72.2 Å². The lowest BCUT2D eigenvalue weighted by Gasteiger charge is -2.18. The summed E-state index contributed by atoms with van der Waals surface area (Å²) in [6.07, 6.45) is 0.809. The van der Waals surface area contributed by atoms with Gasteiger partial charge in [0, 0.05) is 12.2 Å². The summed E-state index contributed by atoms with van der Waals surface area (Å²) in [6.45, 7) is 6.71. The summed E-state index contributed by atoms with van der Waals surface area (Å²) in [5.74, 6) is -0.0256. The minimum Gasteiger partial charge on any atom is -0.399 e. The molecule has 0 atom stereocenters. The van der Waals surface area contributed by atoms with E-state index in [2.05, 4.69) is 25.5 Å². The first-order chi connectivity index (χ1) is 8.18. The van der Waals surface area contributed by atoms with Gasteiger partial charge in [0.15, 0.2) is 0 Å². The second-order valence-electron chi connectivity index (χ2n) is 5.71. The van der Waals surface area contributed by atoms with Crippen LogP contribution in [0.3, 0.4) is 0 Å². The zero-order valence-corrected chi connectivity index (χ0v) is 12.0. The highest BCUT2D eigenvalue weighted by Gasteiger charge is 2.14. The van der Waals surface area contributed by atoms with Gasteiger partial charge in [0.05, 0.1) is 5.75 Å². The fourth-order valence-electron chi connectivity index (χ4n) is 1.53. The Morgan fingerprint density at radius 1 is 1.28 bits per heavy atom. The Labute approximate surface area is 110 Å². The average Bonchev–Trinajstić information content (AvgIpc) is 2.13. The third-order valence-corrected chi connectivity index (χ3v) is 3.86. The summed E-state index contributed by atoms with van der Waals surface area (Å²) in [6, 6.07) is 6.95. The number of hydrogen-bond donors (Lipinski definition) is 2. The normalized spacial score (nSPS) is 12.6. The molecular weight excluding hydrogens is 248 g/mol. The third kappa shape index (κ3) is 6.02. The molecule has 1 aromatic carbocycles. The van der Waals surface area contributed by atoms with Gasteiger partial charge >= 0.3 is 0 Å². The zero-order chi connectivity index (χ0) is 13.8. The molecule has 0 spiro atoms. The van der Waals surface area contributed by atoms with Crippen molar-refractivity contribution in [2.45, 2.75) is 32.9 Å². The molecule has 1 rings (SSSR count). The summed E-state index contributed by atoms with van der Waals surface area (Å²) in [7, 11) is -3.28. The summed E-state index contributed by atoms with van der Waals surface area (Å²) in [5, 5.41) is 0. The maximum absolute atomic E-state index is 11.8. The Balaban J connectivity index is 2.55. The number of nitrogens with one attached hydrogen (secondary N) is 1. The number of sulfonamides is 1. The molecule has 0 radical (unpaired) electrons. The molecule has 4 nitrogen and oxygen atoms in total. The first kappa shape index (κ1) is 15.0. The minimum atomic E-state index is -3.28. The Morgan fingerprint density at radius 3 is 2.50 bits per heavy atom. The smallest absolute Gasteiger partial charge is 0.215 e. The van der Waals surface area contributed by atoms with Crippen molar-refractivity contribution in [3.63, 3.8) is 0 Å². The van der Waals surface area contributed by atoms with E-state index in [1.807, 2.05) is 0 Å². The van der Waals surface area contributed by atoms with E-state index in [0.717, 1.165) is 6.42 Å². The largest absolute Gasteiger partial charge is 0.399 e. The molecule has 3 N–H and O–H groups in total. The predicted molar refractivity (Wildman–Crippen MR) is 75.6 cm³/mol. The lowest BCUT2D eigenvalue weighted by molar-refractivity contribution is 0.378. The van der Waals surface area contributed by atoms with Crippen LogP contribution in [-0.2, 0) is 15.8 Å². The van der Waals surface area contributed by atoms with Gasteiger partial charge in [0.25, 0.3) is 0 Å². The number of benzene rings is 1. The van der Waals surface area contributed by atoms with Crippen molar-refractivity contribution in [3.05, 3.63) is 29.8 Å². The van der Waals surface area contributed by atoms with Crippen molar-refractivity contribution in [3.8, 4) is 0 Å². The molecule has 18 heavy (non-hydrogen) atoms. The van der Waals surface area contributed by atoms with Crippen LogP contribution in [0.4, 0.5) is 5.69 Å². The van der Waals surface area contributed by atoms with Crippen LogP contribution in [0.1, 0.15) is 32.8 Å². The molecule has 1 aromatic rings. The van der Waals surface area contributed by atoms with Crippen molar-refractivity contribution in [1.82, 2.24) is 4.72 Å². The number of rotatable bonds is 5. The summed E-state index contributed by atoms with van der Waals surface area (Å²) >= 11 is 0. The van der Waals surface area contributed by atoms with Gasteiger partial charge in [-0.2, -0.15) is 0 Å². The van der Waals surface area contributed by atoms with Crippen molar-refractivity contribution in [2.75, 3.05) is 12.3 Å². The van der Waals surface area contributed by atoms with Gasteiger partial charge in [-0.3, -0.25) is 0 Å². The second-order valence-corrected chi connectivity index (χ2v) is 7.52. The van der Waals surface area contributed by atoms with E-state index in [4.69, 9.17) is 5.73 Å². The minimum absolute atomic E-state index is 0.0256. The van der Waals surface area contributed by atoms with Crippen molar-refractivity contribution in [2.24, 2.45) is 5.41 Å². The molecule has 0 saturated carbocycles. The Hall–Kier alpha value is -1.07. The number of hydrogen-bond acceptors (Lipinski definition) is 3. The van der Waals surface area contributed by atoms with Crippen LogP contribution in [-0.4, -0.2) is 15.0 Å². The van der Waals surface area contributed by atoms with Gasteiger partial charge in [-0.1, -0.05) is 32.9 Å². The van der Waals surface area contributed by atoms with Gasteiger partial charge in [-0.25, -0.2) is 13.1 Å². The van der Waals surface area contributed by atoms with Crippen LogP contribution in [0.15, 0.2) is 24.3 Å². The maximum atomic E-state index is 11.8. The second kappa shape index (κ2) is 5.71. The summed E-state index contributed by atoms with van der Waals surface area (Å²) < 4.78 is 26.3. The highest BCUT2D eigenvalue weighted by molar-refractivity contribution is 7.88. The molecule has 5 heteroatoms. The van der Waals surface area contributed by atoms with Crippen LogP contribution in [0.5, 0.6) is 0 Å². The van der Waals surface area contributed by atoms with E-state index >= 15 is 0 Å². The average molecular weight is 270 g/mol.